The molecular weight excluding hydrogens is 332 g/mol. The molecule has 2 aromatic rings. The van der Waals surface area contributed by atoms with Gasteiger partial charge in [-0.25, -0.2) is 14.8 Å². The summed E-state index contributed by atoms with van der Waals surface area (Å²) in [6.45, 7) is 3.86. The number of esters is 1. The first kappa shape index (κ1) is 17.4. The number of carbonyl (C=O) groups excluding carboxylic acids is 2. The zero-order valence-corrected chi connectivity index (χ0v) is 13.6. The van der Waals surface area contributed by atoms with Crippen LogP contribution >= 0.6 is 11.6 Å². The van der Waals surface area contributed by atoms with Crippen molar-refractivity contribution in [3.63, 3.8) is 0 Å². The van der Waals surface area contributed by atoms with E-state index in [-0.39, 0.29) is 17.5 Å². The Labute approximate surface area is 143 Å². The number of hydrogen-bond donors (Lipinski definition) is 2. The van der Waals surface area contributed by atoms with Crippen molar-refractivity contribution >= 4 is 35.1 Å². The molecule has 124 valence electrons. The van der Waals surface area contributed by atoms with Crippen molar-refractivity contribution in [3.8, 4) is 0 Å². The maximum Gasteiger partial charge on any atom is 0.337 e. The second kappa shape index (κ2) is 8.07. The normalized spacial score (nSPS) is 9.92. The van der Waals surface area contributed by atoms with Crippen molar-refractivity contribution in [3.05, 3.63) is 59.4 Å². The number of anilines is 2. The van der Waals surface area contributed by atoms with E-state index in [2.05, 4.69) is 31.9 Å². The minimum atomic E-state index is -0.492. The van der Waals surface area contributed by atoms with Crippen LogP contribution in [0.2, 0.25) is 5.02 Å². The van der Waals surface area contributed by atoms with Crippen LogP contribution in [-0.2, 0) is 4.74 Å². The van der Waals surface area contributed by atoms with Crippen molar-refractivity contribution in [1.29, 1.82) is 0 Å². The van der Waals surface area contributed by atoms with E-state index < -0.39 is 5.97 Å². The lowest BCUT2D eigenvalue weighted by Gasteiger charge is -2.09. The molecule has 0 radical (unpaired) electrons. The van der Waals surface area contributed by atoms with Crippen molar-refractivity contribution in [2.45, 2.75) is 0 Å². The zero-order chi connectivity index (χ0) is 17.5. The van der Waals surface area contributed by atoms with E-state index in [1.807, 2.05) is 0 Å². The topological polar surface area (TPSA) is 93.2 Å². The van der Waals surface area contributed by atoms with Gasteiger partial charge in [-0.05, 0) is 24.3 Å². The largest absolute Gasteiger partial charge is 0.465 e. The third kappa shape index (κ3) is 4.30. The van der Waals surface area contributed by atoms with Crippen LogP contribution in [0.15, 0.2) is 43.1 Å². The fourth-order valence-electron chi connectivity index (χ4n) is 1.79. The molecule has 0 unspecified atom stereocenters. The predicted molar refractivity (Wildman–Crippen MR) is 90.6 cm³/mol. The molecule has 0 fully saturated rings. The SMILES string of the molecule is C=CCNC(=O)c1ccnc(Nc2cc(C(=O)OC)ccc2Cl)n1. The first-order valence-corrected chi connectivity index (χ1v) is 7.30. The van der Waals surface area contributed by atoms with E-state index >= 15 is 0 Å². The Morgan fingerprint density at radius 3 is 2.88 bits per heavy atom. The summed E-state index contributed by atoms with van der Waals surface area (Å²) < 4.78 is 4.67. The van der Waals surface area contributed by atoms with E-state index in [0.717, 1.165) is 0 Å². The molecule has 0 aliphatic rings. The summed E-state index contributed by atoms with van der Waals surface area (Å²) in [6, 6.07) is 6.09. The maximum atomic E-state index is 11.9. The number of benzene rings is 1. The summed E-state index contributed by atoms with van der Waals surface area (Å²) >= 11 is 6.10. The number of carbonyl (C=O) groups is 2. The van der Waals surface area contributed by atoms with Crippen LogP contribution in [0, 0.1) is 0 Å². The van der Waals surface area contributed by atoms with Crippen molar-refractivity contribution < 1.29 is 14.3 Å². The van der Waals surface area contributed by atoms with E-state index in [1.54, 1.807) is 18.2 Å². The second-order valence-corrected chi connectivity index (χ2v) is 4.98. The minimum Gasteiger partial charge on any atom is -0.465 e. The van der Waals surface area contributed by atoms with Crippen LogP contribution in [0.3, 0.4) is 0 Å². The quantitative estimate of drug-likeness (QED) is 0.617. The van der Waals surface area contributed by atoms with E-state index in [9.17, 15) is 9.59 Å². The molecule has 0 saturated heterocycles. The summed E-state index contributed by atoms with van der Waals surface area (Å²) in [5, 5.41) is 5.87. The lowest BCUT2D eigenvalue weighted by Crippen LogP contribution is -2.24. The van der Waals surface area contributed by atoms with Crippen LogP contribution < -0.4 is 10.6 Å². The van der Waals surface area contributed by atoms with Gasteiger partial charge in [0.1, 0.15) is 5.69 Å². The molecule has 24 heavy (non-hydrogen) atoms. The highest BCUT2D eigenvalue weighted by molar-refractivity contribution is 6.33. The fraction of sp³-hybridized carbons (Fsp3) is 0.125. The highest BCUT2D eigenvalue weighted by Gasteiger charge is 2.12. The second-order valence-electron chi connectivity index (χ2n) is 4.58. The summed E-state index contributed by atoms with van der Waals surface area (Å²) in [5.41, 5.74) is 0.932. The Balaban J connectivity index is 2.23. The van der Waals surface area contributed by atoms with Gasteiger partial charge in [0.05, 0.1) is 23.4 Å². The highest BCUT2D eigenvalue weighted by Crippen LogP contribution is 2.25. The molecule has 8 heteroatoms. The Hall–Kier alpha value is -2.93. The molecular formula is C16H15ClN4O3. The number of nitrogens with zero attached hydrogens (tertiary/aromatic N) is 2. The van der Waals surface area contributed by atoms with Gasteiger partial charge < -0.3 is 15.4 Å². The summed E-state index contributed by atoms with van der Waals surface area (Å²) in [5.74, 6) is -0.673. The Kier molecular flexibility index (Phi) is 5.86. The van der Waals surface area contributed by atoms with Crippen LogP contribution in [0.1, 0.15) is 20.8 Å². The molecule has 1 aromatic heterocycles. The lowest BCUT2D eigenvalue weighted by atomic mass is 10.2. The lowest BCUT2D eigenvalue weighted by molar-refractivity contribution is 0.0600. The molecule has 0 saturated carbocycles. The standard InChI is InChI=1S/C16H15ClN4O3/c1-3-7-18-14(22)12-6-8-19-16(20-12)21-13-9-10(15(23)24-2)4-5-11(13)17/h3-6,8-9H,1,7H2,2H3,(H,18,22)(H,19,20,21). The number of halogens is 1. The molecule has 0 spiro atoms. The Bertz CT molecular complexity index is 780. The maximum absolute atomic E-state index is 11.9. The summed E-state index contributed by atoms with van der Waals surface area (Å²) in [7, 11) is 1.29. The monoisotopic (exact) mass is 346 g/mol. The van der Waals surface area contributed by atoms with E-state index in [0.29, 0.717) is 22.8 Å². The first-order valence-electron chi connectivity index (χ1n) is 6.92. The number of nitrogens with one attached hydrogen (secondary N) is 2. The Morgan fingerprint density at radius 2 is 2.17 bits per heavy atom. The Morgan fingerprint density at radius 1 is 1.38 bits per heavy atom. The van der Waals surface area contributed by atoms with Gasteiger partial charge >= 0.3 is 5.97 Å². The van der Waals surface area contributed by atoms with Crippen LogP contribution in [0.25, 0.3) is 0 Å². The molecule has 0 aliphatic carbocycles. The minimum absolute atomic E-state index is 0.171. The molecule has 1 heterocycles. The number of rotatable bonds is 6. The number of aromatic nitrogens is 2. The molecule has 1 amide bonds. The van der Waals surface area contributed by atoms with Crippen LogP contribution in [0.5, 0.6) is 0 Å². The molecule has 0 aliphatic heterocycles. The number of amides is 1. The zero-order valence-electron chi connectivity index (χ0n) is 12.9. The fourth-order valence-corrected chi connectivity index (χ4v) is 1.95. The first-order chi connectivity index (χ1) is 11.5. The van der Waals surface area contributed by atoms with Crippen LogP contribution in [-0.4, -0.2) is 35.5 Å². The number of methoxy groups -OCH3 is 1. The van der Waals surface area contributed by atoms with E-state index in [1.165, 1.54) is 25.4 Å². The van der Waals surface area contributed by atoms with Crippen LogP contribution in [0.4, 0.5) is 11.6 Å². The third-order valence-electron chi connectivity index (χ3n) is 2.93. The van der Waals surface area contributed by atoms with Crippen molar-refractivity contribution in [2.24, 2.45) is 0 Å². The molecule has 2 rings (SSSR count). The number of ether oxygens (including phenoxy) is 1. The highest BCUT2D eigenvalue weighted by atomic mass is 35.5. The average molecular weight is 347 g/mol. The van der Waals surface area contributed by atoms with Gasteiger partial charge in [0, 0.05) is 12.7 Å². The van der Waals surface area contributed by atoms with Gasteiger partial charge in [-0.3, -0.25) is 4.79 Å². The third-order valence-corrected chi connectivity index (χ3v) is 3.26. The summed E-state index contributed by atoms with van der Waals surface area (Å²) in [6.07, 6.45) is 3.01. The van der Waals surface area contributed by atoms with Gasteiger partial charge in [-0.15, -0.1) is 6.58 Å². The molecule has 0 atom stereocenters. The molecule has 2 N–H and O–H groups in total. The van der Waals surface area contributed by atoms with Gasteiger partial charge in [-0.1, -0.05) is 17.7 Å². The molecule has 1 aromatic carbocycles. The summed E-state index contributed by atoms with van der Waals surface area (Å²) in [4.78, 5) is 31.6. The molecule has 0 bridgehead atoms. The smallest absolute Gasteiger partial charge is 0.337 e. The van der Waals surface area contributed by atoms with Gasteiger partial charge in [-0.2, -0.15) is 0 Å². The van der Waals surface area contributed by atoms with Gasteiger partial charge in [0.2, 0.25) is 5.95 Å². The van der Waals surface area contributed by atoms with Crippen molar-refractivity contribution in [1.82, 2.24) is 15.3 Å². The van der Waals surface area contributed by atoms with Gasteiger partial charge in [0.15, 0.2) is 0 Å². The number of hydrogen-bond acceptors (Lipinski definition) is 6. The van der Waals surface area contributed by atoms with E-state index in [4.69, 9.17) is 11.6 Å². The average Bonchev–Trinajstić information content (AvgIpc) is 2.61. The van der Waals surface area contributed by atoms with Crippen molar-refractivity contribution in [2.75, 3.05) is 19.0 Å². The predicted octanol–water partition coefficient (Wildman–Crippen LogP) is 2.58. The van der Waals surface area contributed by atoms with Gasteiger partial charge in [0.25, 0.3) is 5.91 Å². The molecule has 7 nitrogen and oxygen atoms in total.